The normalized spacial score (nSPS) is 21.6. The quantitative estimate of drug-likeness (QED) is 0.914. The minimum absolute atomic E-state index is 0.286. The van der Waals surface area contributed by atoms with Gasteiger partial charge in [-0.15, -0.1) is 0 Å². The zero-order valence-electron chi connectivity index (χ0n) is 14.9. The summed E-state index contributed by atoms with van der Waals surface area (Å²) in [6.45, 7) is 9.30. The maximum Gasteiger partial charge on any atom is 0.412 e. The first-order valence-electron chi connectivity index (χ1n) is 8.09. The van der Waals surface area contributed by atoms with Gasteiger partial charge in [-0.2, -0.15) is 0 Å². The van der Waals surface area contributed by atoms with E-state index < -0.39 is 23.5 Å². The second kappa shape index (κ2) is 6.69. The zero-order chi connectivity index (χ0) is 18.1. The van der Waals surface area contributed by atoms with Crippen molar-refractivity contribution in [2.45, 2.75) is 64.5 Å². The van der Waals surface area contributed by atoms with Crippen LogP contribution in [-0.2, 0) is 9.47 Å². The fourth-order valence-corrected chi connectivity index (χ4v) is 2.82. The molecule has 0 aliphatic carbocycles. The molecule has 1 saturated heterocycles. The van der Waals surface area contributed by atoms with Gasteiger partial charge < -0.3 is 14.6 Å². The molecule has 0 spiro atoms. The van der Waals surface area contributed by atoms with Gasteiger partial charge in [0.1, 0.15) is 17.1 Å². The molecule has 24 heavy (non-hydrogen) atoms. The van der Waals surface area contributed by atoms with Crippen molar-refractivity contribution in [3.05, 3.63) is 35.6 Å². The van der Waals surface area contributed by atoms with Crippen LogP contribution in [0.3, 0.4) is 0 Å². The summed E-state index contributed by atoms with van der Waals surface area (Å²) in [6, 6.07) is 5.37. The third-order valence-electron chi connectivity index (χ3n) is 3.91. The number of rotatable bonds is 3. The lowest BCUT2D eigenvalue weighted by Gasteiger charge is -2.35. The molecule has 1 aromatic rings. The molecule has 2 rings (SSSR count). The Kier molecular flexibility index (Phi) is 5.20. The van der Waals surface area contributed by atoms with Crippen LogP contribution >= 0.6 is 0 Å². The molecule has 0 radical (unpaired) electrons. The topological polar surface area (TPSA) is 59.0 Å². The number of hydrogen-bond donors (Lipinski definition) is 1. The zero-order valence-corrected chi connectivity index (χ0v) is 14.9. The van der Waals surface area contributed by atoms with Crippen LogP contribution in [0.2, 0.25) is 0 Å². The predicted molar refractivity (Wildman–Crippen MR) is 87.9 cm³/mol. The van der Waals surface area contributed by atoms with Crippen molar-refractivity contribution in [1.82, 2.24) is 4.90 Å². The lowest BCUT2D eigenvalue weighted by Crippen LogP contribution is -2.50. The molecule has 1 heterocycles. The van der Waals surface area contributed by atoms with Crippen LogP contribution in [0.1, 0.15) is 52.7 Å². The maximum atomic E-state index is 13.0. The van der Waals surface area contributed by atoms with E-state index in [4.69, 9.17) is 9.47 Å². The van der Waals surface area contributed by atoms with E-state index in [1.54, 1.807) is 46.8 Å². The van der Waals surface area contributed by atoms with Gasteiger partial charge in [-0.1, -0.05) is 12.1 Å². The lowest BCUT2D eigenvalue weighted by atomic mass is 10.0. The number of benzene rings is 1. The smallest absolute Gasteiger partial charge is 0.412 e. The van der Waals surface area contributed by atoms with Gasteiger partial charge >= 0.3 is 6.09 Å². The number of hydrogen-bond acceptors (Lipinski definition) is 4. The number of carbonyl (C=O) groups excluding carboxylic acids is 1. The van der Waals surface area contributed by atoms with Crippen LogP contribution in [0.5, 0.6) is 0 Å². The van der Waals surface area contributed by atoms with Crippen LogP contribution in [0.4, 0.5) is 9.18 Å². The molecule has 0 aromatic heterocycles. The summed E-state index contributed by atoms with van der Waals surface area (Å²) >= 11 is 0. The summed E-state index contributed by atoms with van der Waals surface area (Å²) in [5, 5.41) is 10.4. The van der Waals surface area contributed by atoms with E-state index in [0.717, 1.165) is 0 Å². The average molecular weight is 339 g/mol. The van der Waals surface area contributed by atoms with Crippen molar-refractivity contribution < 1.29 is 23.8 Å². The van der Waals surface area contributed by atoms with Crippen LogP contribution in [0.25, 0.3) is 0 Å². The van der Waals surface area contributed by atoms with Crippen LogP contribution < -0.4 is 0 Å². The van der Waals surface area contributed by atoms with E-state index in [9.17, 15) is 14.3 Å². The highest BCUT2D eigenvalue weighted by molar-refractivity contribution is 5.69. The molecule has 1 fully saturated rings. The molecular formula is C18H26FNO4. The Balaban J connectivity index is 2.12. The molecule has 0 bridgehead atoms. The fraction of sp³-hybridized carbons (Fsp3) is 0.611. The first-order valence-corrected chi connectivity index (χ1v) is 8.09. The Hall–Kier alpha value is -1.66. The standard InChI is InChI=1S/C18H26FNO4/c1-17(2,3)24-16(22)20-14(11-23-18(20,4)5)10-15(21)12-6-8-13(19)9-7-12/h6-9,14-15,21H,10-11H2,1-5H3/t14-,15-/m0/s1. The van der Waals surface area contributed by atoms with Crippen molar-refractivity contribution >= 4 is 6.09 Å². The van der Waals surface area contributed by atoms with Gasteiger partial charge in [0.2, 0.25) is 0 Å². The van der Waals surface area contributed by atoms with Crippen LogP contribution in [0, 0.1) is 5.82 Å². The van der Waals surface area contributed by atoms with Gasteiger partial charge in [0.25, 0.3) is 0 Å². The number of aliphatic hydroxyl groups is 1. The Morgan fingerprint density at radius 2 is 2.00 bits per heavy atom. The predicted octanol–water partition coefficient (Wildman–Crippen LogP) is 3.62. The molecular weight excluding hydrogens is 313 g/mol. The van der Waals surface area contributed by atoms with Gasteiger partial charge in [-0.05, 0) is 52.3 Å². The van der Waals surface area contributed by atoms with E-state index in [1.165, 1.54) is 17.0 Å². The number of halogens is 1. The first-order chi connectivity index (χ1) is 11.0. The average Bonchev–Trinajstić information content (AvgIpc) is 2.72. The van der Waals surface area contributed by atoms with Crippen LogP contribution in [-0.4, -0.2) is 40.1 Å². The van der Waals surface area contributed by atoms with Crippen molar-refractivity contribution in [1.29, 1.82) is 0 Å². The van der Waals surface area contributed by atoms with Crippen molar-refractivity contribution in [2.24, 2.45) is 0 Å². The van der Waals surface area contributed by atoms with Gasteiger partial charge in [-0.3, -0.25) is 4.90 Å². The molecule has 1 aromatic carbocycles. The Labute approximate surface area is 142 Å². The number of nitrogens with zero attached hydrogens (tertiary/aromatic N) is 1. The van der Waals surface area contributed by atoms with Gasteiger partial charge in [0.05, 0.1) is 18.8 Å². The summed E-state index contributed by atoms with van der Waals surface area (Å²) < 4.78 is 24.2. The lowest BCUT2D eigenvalue weighted by molar-refractivity contribution is -0.0637. The Morgan fingerprint density at radius 3 is 2.54 bits per heavy atom. The van der Waals surface area contributed by atoms with Gasteiger partial charge in [0, 0.05) is 6.42 Å². The van der Waals surface area contributed by atoms with E-state index in [2.05, 4.69) is 0 Å². The minimum atomic E-state index is -0.821. The number of amides is 1. The summed E-state index contributed by atoms with van der Waals surface area (Å²) in [6.07, 6.45) is -1.01. The van der Waals surface area contributed by atoms with E-state index >= 15 is 0 Å². The van der Waals surface area contributed by atoms with Crippen molar-refractivity contribution in [3.63, 3.8) is 0 Å². The molecule has 2 atom stereocenters. The van der Waals surface area contributed by atoms with E-state index in [0.29, 0.717) is 12.2 Å². The highest BCUT2D eigenvalue weighted by Crippen LogP contribution is 2.33. The molecule has 134 valence electrons. The number of carbonyl (C=O) groups is 1. The SMILES string of the molecule is CC(C)(C)OC(=O)N1[C@@H](C[C@H](O)c2ccc(F)cc2)COC1(C)C. The van der Waals surface area contributed by atoms with Crippen LogP contribution in [0.15, 0.2) is 24.3 Å². The third kappa shape index (κ3) is 4.45. The van der Waals surface area contributed by atoms with Crippen molar-refractivity contribution in [3.8, 4) is 0 Å². The summed E-state index contributed by atoms with van der Waals surface area (Å²) in [5.41, 5.74) is -0.823. The summed E-state index contributed by atoms with van der Waals surface area (Å²) in [5.74, 6) is -0.355. The largest absolute Gasteiger partial charge is 0.444 e. The van der Waals surface area contributed by atoms with E-state index in [-0.39, 0.29) is 18.3 Å². The molecule has 5 nitrogen and oxygen atoms in total. The number of aliphatic hydroxyl groups excluding tert-OH is 1. The summed E-state index contributed by atoms with van der Waals surface area (Å²) in [7, 11) is 0. The highest BCUT2D eigenvalue weighted by atomic mass is 19.1. The molecule has 6 heteroatoms. The second-order valence-corrected chi connectivity index (χ2v) is 7.56. The monoisotopic (exact) mass is 339 g/mol. The summed E-state index contributed by atoms with van der Waals surface area (Å²) in [4.78, 5) is 14.1. The van der Waals surface area contributed by atoms with Gasteiger partial charge in [-0.25, -0.2) is 9.18 Å². The Morgan fingerprint density at radius 1 is 1.42 bits per heavy atom. The molecule has 1 aliphatic rings. The second-order valence-electron chi connectivity index (χ2n) is 7.56. The Bertz CT molecular complexity index is 580. The molecule has 1 amide bonds. The molecule has 0 unspecified atom stereocenters. The minimum Gasteiger partial charge on any atom is -0.444 e. The van der Waals surface area contributed by atoms with Gasteiger partial charge in [0.15, 0.2) is 0 Å². The van der Waals surface area contributed by atoms with E-state index in [1.807, 2.05) is 0 Å². The van der Waals surface area contributed by atoms with Crippen molar-refractivity contribution in [2.75, 3.05) is 6.61 Å². The highest BCUT2D eigenvalue weighted by Gasteiger charge is 2.46. The first kappa shape index (κ1) is 18.7. The molecule has 0 saturated carbocycles. The fourth-order valence-electron chi connectivity index (χ4n) is 2.82. The molecule has 1 aliphatic heterocycles. The number of ether oxygens (including phenoxy) is 2. The molecule has 1 N–H and O–H groups in total. The maximum absolute atomic E-state index is 13.0. The third-order valence-corrected chi connectivity index (χ3v) is 3.91.